The molecule has 4 heterocycles. The minimum Gasteiger partial charge on any atom is -0.452 e. The molecule has 10 rings (SSSR count). The molecule has 6 nitrogen and oxygen atoms in total. The van der Waals surface area contributed by atoms with Gasteiger partial charge in [-0.2, -0.15) is 0 Å². The van der Waals surface area contributed by atoms with Crippen LogP contribution in [0.2, 0.25) is 0 Å². The zero-order chi connectivity index (χ0) is 33.0. The SMILES string of the molecule is c1ccc(-c2nc(-c3ccccc3)nc(-c3ccc(-c4ccc(-c5nc6c7ccccc7oc6c6oc7ccccc7c56)cc4)cc3)n2)cc1. The number of pyridine rings is 1. The van der Waals surface area contributed by atoms with Crippen molar-refractivity contribution in [3.8, 4) is 56.5 Å². The van der Waals surface area contributed by atoms with Crippen LogP contribution in [-0.4, -0.2) is 19.9 Å². The van der Waals surface area contributed by atoms with Gasteiger partial charge in [0.15, 0.2) is 28.6 Å². The van der Waals surface area contributed by atoms with Gasteiger partial charge in [0.2, 0.25) is 0 Å². The highest BCUT2D eigenvalue weighted by Gasteiger charge is 2.22. The van der Waals surface area contributed by atoms with Gasteiger partial charge in [-0.15, -0.1) is 0 Å². The summed E-state index contributed by atoms with van der Waals surface area (Å²) in [6.45, 7) is 0. The molecule has 6 aromatic carbocycles. The summed E-state index contributed by atoms with van der Waals surface area (Å²) in [5.74, 6) is 1.91. The molecule has 0 saturated carbocycles. The Hall–Kier alpha value is -6.92. The Morgan fingerprint density at radius 1 is 0.320 bits per heavy atom. The summed E-state index contributed by atoms with van der Waals surface area (Å²) >= 11 is 0. The summed E-state index contributed by atoms with van der Waals surface area (Å²) in [7, 11) is 0. The van der Waals surface area contributed by atoms with Gasteiger partial charge in [-0.3, -0.25) is 0 Å². The number of hydrogen-bond acceptors (Lipinski definition) is 6. The highest BCUT2D eigenvalue weighted by atomic mass is 16.4. The molecule has 0 N–H and O–H groups in total. The van der Waals surface area contributed by atoms with E-state index in [-0.39, 0.29) is 0 Å². The molecule has 0 aliphatic carbocycles. The first-order chi connectivity index (χ1) is 24.8. The number of para-hydroxylation sites is 2. The lowest BCUT2D eigenvalue weighted by atomic mass is 9.99. The average molecular weight is 643 g/mol. The number of rotatable bonds is 5. The van der Waals surface area contributed by atoms with Gasteiger partial charge in [-0.1, -0.05) is 140 Å². The number of nitrogens with zero attached hydrogens (tertiary/aromatic N) is 4. The largest absolute Gasteiger partial charge is 0.452 e. The monoisotopic (exact) mass is 642 g/mol. The molecule has 0 spiro atoms. The van der Waals surface area contributed by atoms with Crippen molar-refractivity contribution in [2.45, 2.75) is 0 Å². The van der Waals surface area contributed by atoms with Crippen LogP contribution in [0.15, 0.2) is 167 Å². The van der Waals surface area contributed by atoms with Gasteiger partial charge in [0.1, 0.15) is 16.7 Å². The minimum absolute atomic E-state index is 0.629. The standard InChI is InChI=1S/C44H26N4O2/c1-3-11-30(12-4-1)42-46-43(31-13-5-2-6-14-31)48-44(47-42)32-25-21-28(22-26-32)27-19-23-29(24-20-27)38-37-33-15-7-9-17-35(33)49-40(37)41-39(45-38)34-16-8-10-18-36(34)50-41/h1-26H. The highest BCUT2D eigenvalue weighted by Crippen LogP contribution is 2.42. The first-order valence-corrected chi connectivity index (χ1v) is 16.5. The van der Waals surface area contributed by atoms with Gasteiger partial charge in [0, 0.05) is 33.0 Å². The maximum absolute atomic E-state index is 6.42. The summed E-state index contributed by atoms with van der Waals surface area (Å²) in [6, 6.07) is 53.0. The summed E-state index contributed by atoms with van der Waals surface area (Å²) in [5.41, 5.74) is 10.6. The van der Waals surface area contributed by atoms with E-state index in [9.17, 15) is 0 Å². The second kappa shape index (κ2) is 11.4. The van der Waals surface area contributed by atoms with Gasteiger partial charge < -0.3 is 8.83 Å². The van der Waals surface area contributed by atoms with Crippen LogP contribution in [-0.2, 0) is 0 Å². The van der Waals surface area contributed by atoms with Crippen molar-refractivity contribution in [3.05, 3.63) is 158 Å². The van der Waals surface area contributed by atoms with Crippen LogP contribution >= 0.6 is 0 Å². The molecule has 0 aliphatic heterocycles. The Morgan fingerprint density at radius 2 is 0.740 bits per heavy atom. The predicted molar refractivity (Wildman–Crippen MR) is 199 cm³/mol. The molecular formula is C44H26N4O2. The molecule has 10 aromatic rings. The maximum atomic E-state index is 6.42. The van der Waals surface area contributed by atoms with Crippen LogP contribution in [0.5, 0.6) is 0 Å². The highest BCUT2D eigenvalue weighted by molar-refractivity contribution is 6.21. The molecule has 0 fully saturated rings. The van der Waals surface area contributed by atoms with E-state index in [1.807, 2.05) is 103 Å². The molecule has 0 amide bonds. The van der Waals surface area contributed by atoms with Gasteiger partial charge in [-0.05, 0) is 29.3 Å². The summed E-state index contributed by atoms with van der Waals surface area (Å²) < 4.78 is 12.7. The lowest BCUT2D eigenvalue weighted by Crippen LogP contribution is -2.00. The van der Waals surface area contributed by atoms with Crippen LogP contribution in [0.1, 0.15) is 0 Å². The van der Waals surface area contributed by atoms with E-state index >= 15 is 0 Å². The van der Waals surface area contributed by atoms with Crippen molar-refractivity contribution in [2.75, 3.05) is 0 Å². The number of hydrogen-bond donors (Lipinski definition) is 0. The first-order valence-electron chi connectivity index (χ1n) is 16.5. The van der Waals surface area contributed by atoms with E-state index in [2.05, 4.69) is 54.6 Å². The molecule has 50 heavy (non-hydrogen) atoms. The lowest BCUT2D eigenvalue weighted by Gasteiger charge is -2.09. The fraction of sp³-hybridized carbons (Fsp3) is 0. The lowest BCUT2D eigenvalue weighted by molar-refractivity contribution is 0.633. The van der Waals surface area contributed by atoms with E-state index < -0.39 is 0 Å². The number of fused-ring (bicyclic) bond motifs is 7. The average Bonchev–Trinajstić information content (AvgIpc) is 3.77. The second-order valence-corrected chi connectivity index (χ2v) is 12.2. The van der Waals surface area contributed by atoms with Crippen molar-refractivity contribution >= 4 is 44.0 Å². The molecule has 0 atom stereocenters. The van der Waals surface area contributed by atoms with E-state index in [0.717, 1.165) is 71.9 Å². The predicted octanol–water partition coefficient (Wildman–Crippen LogP) is 11.4. The number of furan rings is 2. The molecule has 6 heteroatoms. The maximum Gasteiger partial charge on any atom is 0.197 e. The third kappa shape index (κ3) is 4.65. The zero-order valence-electron chi connectivity index (χ0n) is 26.6. The number of benzene rings is 6. The van der Waals surface area contributed by atoms with E-state index in [1.54, 1.807) is 0 Å². The molecule has 0 radical (unpaired) electrons. The van der Waals surface area contributed by atoms with E-state index in [1.165, 1.54) is 0 Å². The molecule has 234 valence electrons. The van der Waals surface area contributed by atoms with Gasteiger partial charge in [0.25, 0.3) is 0 Å². The van der Waals surface area contributed by atoms with E-state index in [4.69, 9.17) is 28.8 Å². The van der Waals surface area contributed by atoms with Gasteiger partial charge in [-0.25, -0.2) is 19.9 Å². The van der Waals surface area contributed by atoms with Crippen LogP contribution in [0.4, 0.5) is 0 Å². The first kappa shape index (κ1) is 28.1. The fourth-order valence-corrected chi connectivity index (χ4v) is 6.68. The van der Waals surface area contributed by atoms with Gasteiger partial charge >= 0.3 is 0 Å². The topological polar surface area (TPSA) is 77.8 Å². The minimum atomic E-state index is 0.629. The molecule has 4 aromatic heterocycles. The quantitative estimate of drug-likeness (QED) is 0.186. The summed E-state index contributed by atoms with van der Waals surface area (Å²) in [6.07, 6.45) is 0. The molecule has 0 unspecified atom stereocenters. The Bertz CT molecular complexity index is 2780. The Labute approximate surface area is 286 Å². The van der Waals surface area contributed by atoms with Crippen molar-refractivity contribution in [1.29, 1.82) is 0 Å². The van der Waals surface area contributed by atoms with Crippen molar-refractivity contribution in [2.24, 2.45) is 0 Å². The fourth-order valence-electron chi connectivity index (χ4n) is 6.68. The smallest absolute Gasteiger partial charge is 0.197 e. The second-order valence-electron chi connectivity index (χ2n) is 12.2. The van der Waals surface area contributed by atoms with Crippen LogP contribution in [0, 0.1) is 0 Å². The summed E-state index contributed by atoms with van der Waals surface area (Å²) in [5, 5.41) is 2.93. The molecular weight excluding hydrogens is 617 g/mol. The van der Waals surface area contributed by atoms with Crippen molar-refractivity contribution < 1.29 is 8.83 Å². The van der Waals surface area contributed by atoms with Crippen LogP contribution in [0.25, 0.3) is 101 Å². The van der Waals surface area contributed by atoms with Crippen molar-refractivity contribution in [3.63, 3.8) is 0 Å². The molecule has 0 saturated heterocycles. The third-order valence-electron chi connectivity index (χ3n) is 9.17. The van der Waals surface area contributed by atoms with Gasteiger partial charge in [0.05, 0.1) is 11.1 Å². The number of aromatic nitrogens is 4. The third-order valence-corrected chi connectivity index (χ3v) is 9.17. The molecule has 0 bridgehead atoms. The van der Waals surface area contributed by atoms with Crippen molar-refractivity contribution in [1.82, 2.24) is 19.9 Å². The Morgan fingerprint density at radius 3 is 1.32 bits per heavy atom. The van der Waals surface area contributed by atoms with Crippen LogP contribution < -0.4 is 0 Å². The molecule has 0 aliphatic rings. The van der Waals surface area contributed by atoms with E-state index in [0.29, 0.717) is 28.6 Å². The normalized spacial score (nSPS) is 11.6. The Kier molecular flexibility index (Phi) is 6.39. The zero-order valence-corrected chi connectivity index (χ0v) is 26.6. The van der Waals surface area contributed by atoms with Crippen LogP contribution in [0.3, 0.4) is 0 Å². The summed E-state index contributed by atoms with van der Waals surface area (Å²) in [4.78, 5) is 19.8. The Balaban J connectivity index is 1.04.